The van der Waals surface area contributed by atoms with Gasteiger partial charge in [0, 0.05) is 19.2 Å². The van der Waals surface area contributed by atoms with Crippen molar-refractivity contribution < 1.29 is 19.1 Å². The fourth-order valence-electron chi connectivity index (χ4n) is 1.63. The summed E-state index contributed by atoms with van der Waals surface area (Å²) >= 11 is 0. The number of halogens is 1. The van der Waals surface area contributed by atoms with Gasteiger partial charge in [0.15, 0.2) is 0 Å². The van der Waals surface area contributed by atoms with Gasteiger partial charge in [0.05, 0.1) is 0 Å². The van der Waals surface area contributed by atoms with Crippen LogP contribution < -0.4 is 0 Å². The van der Waals surface area contributed by atoms with Crippen molar-refractivity contribution in [3.8, 4) is 0 Å². The number of amides is 1. The first-order valence-electron chi connectivity index (χ1n) is 6.47. The minimum Gasteiger partial charge on any atom is -0.480 e. The van der Waals surface area contributed by atoms with Crippen LogP contribution in [0.2, 0.25) is 0 Å². The summed E-state index contributed by atoms with van der Waals surface area (Å²) in [5.41, 5.74) is 0.547. The van der Waals surface area contributed by atoms with Crippen molar-refractivity contribution in [1.29, 1.82) is 0 Å². The maximum absolute atomic E-state index is 13.0. The second-order valence-corrected chi connectivity index (χ2v) is 4.85. The van der Waals surface area contributed by atoms with E-state index in [0.29, 0.717) is 18.7 Å². The second-order valence-electron chi connectivity index (χ2n) is 4.85. The third kappa shape index (κ3) is 6.67. The molecule has 0 spiro atoms. The van der Waals surface area contributed by atoms with Gasteiger partial charge in [-0.3, -0.25) is 9.59 Å². The number of benzene rings is 1. The lowest BCUT2D eigenvalue weighted by molar-refractivity contribution is -0.142. The highest BCUT2D eigenvalue weighted by atomic mass is 19.1. The Morgan fingerprint density at radius 3 is 2.57 bits per heavy atom. The van der Waals surface area contributed by atoms with E-state index in [4.69, 9.17) is 5.11 Å². The van der Waals surface area contributed by atoms with Gasteiger partial charge in [-0.25, -0.2) is 4.39 Å². The Bertz CT molecular complexity index is 529. The first kappa shape index (κ1) is 16.8. The first-order chi connectivity index (χ1) is 9.88. The van der Waals surface area contributed by atoms with Gasteiger partial charge in [0.25, 0.3) is 0 Å². The van der Waals surface area contributed by atoms with Crippen molar-refractivity contribution in [2.45, 2.75) is 0 Å². The molecule has 0 aromatic heterocycles. The second kappa shape index (κ2) is 8.16. The molecule has 1 N–H and O–H groups in total. The van der Waals surface area contributed by atoms with Gasteiger partial charge in [0.1, 0.15) is 12.4 Å². The standard InChI is InChI=1S/C15H19FN2O3/c1-17(2)8-9-18(11-15(20)21)14(19)7-6-12-4-3-5-13(16)10-12/h3-7,10H,8-9,11H2,1-2H3,(H,20,21)/b7-6+. The molecule has 0 aliphatic heterocycles. The van der Waals surface area contributed by atoms with E-state index in [1.807, 2.05) is 19.0 Å². The summed E-state index contributed by atoms with van der Waals surface area (Å²) in [7, 11) is 3.68. The number of carboxylic acid groups (broad SMARTS) is 1. The highest BCUT2D eigenvalue weighted by molar-refractivity contribution is 5.93. The van der Waals surface area contributed by atoms with Crippen LogP contribution in [0.15, 0.2) is 30.3 Å². The normalized spacial score (nSPS) is 11.0. The first-order valence-corrected chi connectivity index (χ1v) is 6.47. The quantitative estimate of drug-likeness (QED) is 0.770. The third-order valence-electron chi connectivity index (χ3n) is 2.72. The molecule has 0 saturated heterocycles. The van der Waals surface area contributed by atoms with E-state index < -0.39 is 11.9 Å². The Balaban J connectivity index is 2.72. The van der Waals surface area contributed by atoms with Crippen molar-refractivity contribution >= 4 is 18.0 Å². The molecule has 0 fully saturated rings. The summed E-state index contributed by atoms with van der Waals surface area (Å²) in [5, 5.41) is 8.84. The molecule has 0 bridgehead atoms. The van der Waals surface area contributed by atoms with Crippen molar-refractivity contribution in [2.75, 3.05) is 33.7 Å². The van der Waals surface area contributed by atoms with E-state index in [1.54, 1.807) is 12.1 Å². The zero-order valence-electron chi connectivity index (χ0n) is 12.1. The molecule has 1 rings (SSSR count). The van der Waals surface area contributed by atoms with E-state index in [-0.39, 0.29) is 12.4 Å². The molecule has 5 nitrogen and oxygen atoms in total. The fourth-order valence-corrected chi connectivity index (χ4v) is 1.63. The predicted octanol–water partition coefficient (Wildman–Crippen LogP) is 1.31. The zero-order valence-corrected chi connectivity index (χ0v) is 12.1. The number of carbonyl (C=O) groups is 2. The Labute approximate surface area is 123 Å². The molecule has 1 aromatic carbocycles. The molecule has 1 amide bonds. The van der Waals surface area contributed by atoms with Gasteiger partial charge in [-0.15, -0.1) is 0 Å². The summed E-state index contributed by atoms with van der Waals surface area (Å²) in [4.78, 5) is 25.9. The van der Waals surface area contributed by atoms with Gasteiger partial charge in [-0.1, -0.05) is 12.1 Å². The highest BCUT2D eigenvalue weighted by Crippen LogP contribution is 2.06. The van der Waals surface area contributed by atoms with Crippen molar-refractivity contribution in [2.24, 2.45) is 0 Å². The average Bonchev–Trinajstić information content (AvgIpc) is 2.40. The van der Waals surface area contributed by atoms with Crippen molar-refractivity contribution in [3.05, 3.63) is 41.7 Å². The third-order valence-corrected chi connectivity index (χ3v) is 2.72. The highest BCUT2D eigenvalue weighted by Gasteiger charge is 2.14. The molecule has 0 radical (unpaired) electrons. The number of hydrogen-bond donors (Lipinski definition) is 1. The molecule has 0 heterocycles. The van der Waals surface area contributed by atoms with Crippen LogP contribution >= 0.6 is 0 Å². The molecular weight excluding hydrogens is 275 g/mol. The van der Waals surface area contributed by atoms with Crippen molar-refractivity contribution in [3.63, 3.8) is 0 Å². The molecule has 6 heteroatoms. The molecule has 0 atom stereocenters. The molecular formula is C15H19FN2O3. The van der Waals surface area contributed by atoms with Crippen LogP contribution in [0.4, 0.5) is 4.39 Å². The van der Waals surface area contributed by atoms with Crippen LogP contribution in [-0.2, 0) is 9.59 Å². The van der Waals surface area contributed by atoms with Gasteiger partial charge in [0.2, 0.25) is 5.91 Å². The Morgan fingerprint density at radius 2 is 2.00 bits per heavy atom. The summed E-state index contributed by atoms with van der Waals surface area (Å²) in [6, 6.07) is 5.81. The van der Waals surface area contributed by atoms with Gasteiger partial charge < -0.3 is 14.9 Å². The largest absolute Gasteiger partial charge is 0.480 e. The molecule has 114 valence electrons. The van der Waals surface area contributed by atoms with Crippen molar-refractivity contribution in [1.82, 2.24) is 9.80 Å². The van der Waals surface area contributed by atoms with Gasteiger partial charge in [-0.05, 0) is 37.9 Å². The van der Waals surface area contributed by atoms with E-state index in [9.17, 15) is 14.0 Å². The SMILES string of the molecule is CN(C)CCN(CC(=O)O)C(=O)/C=C/c1cccc(F)c1. The number of hydrogen-bond acceptors (Lipinski definition) is 3. The molecule has 0 aliphatic carbocycles. The number of rotatable bonds is 7. The topological polar surface area (TPSA) is 60.9 Å². The van der Waals surface area contributed by atoms with Gasteiger partial charge in [-0.2, -0.15) is 0 Å². The van der Waals surface area contributed by atoms with Crippen LogP contribution in [0.5, 0.6) is 0 Å². The summed E-state index contributed by atoms with van der Waals surface area (Å²) in [5.74, 6) is -1.87. The smallest absolute Gasteiger partial charge is 0.323 e. The minimum absolute atomic E-state index is 0.311. The maximum atomic E-state index is 13.0. The molecule has 21 heavy (non-hydrogen) atoms. The summed E-state index contributed by atoms with van der Waals surface area (Å²) < 4.78 is 13.0. The van der Waals surface area contributed by atoms with Crippen LogP contribution in [0, 0.1) is 5.82 Å². The van der Waals surface area contributed by atoms with Gasteiger partial charge >= 0.3 is 5.97 Å². The predicted molar refractivity (Wildman–Crippen MR) is 78.2 cm³/mol. The molecule has 0 aliphatic rings. The van der Waals surface area contributed by atoms with E-state index in [1.165, 1.54) is 29.2 Å². The lowest BCUT2D eigenvalue weighted by Gasteiger charge is -2.21. The average molecular weight is 294 g/mol. The van der Waals surface area contributed by atoms with Crippen LogP contribution in [0.25, 0.3) is 6.08 Å². The summed E-state index contributed by atoms with van der Waals surface area (Å²) in [6.07, 6.45) is 2.73. The Kier molecular flexibility index (Phi) is 6.55. The van der Waals surface area contributed by atoms with Crippen LogP contribution in [0.3, 0.4) is 0 Å². The lowest BCUT2D eigenvalue weighted by Crippen LogP contribution is -2.39. The lowest BCUT2D eigenvalue weighted by atomic mass is 10.2. The maximum Gasteiger partial charge on any atom is 0.323 e. The van der Waals surface area contributed by atoms with Crippen LogP contribution in [-0.4, -0.2) is 60.5 Å². The summed E-state index contributed by atoms with van der Waals surface area (Å²) in [6.45, 7) is 0.513. The Hall–Kier alpha value is -2.21. The number of nitrogens with zero attached hydrogens (tertiary/aromatic N) is 2. The number of carboxylic acids is 1. The molecule has 1 aromatic rings. The van der Waals surface area contributed by atoms with E-state index in [2.05, 4.69) is 0 Å². The fraction of sp³-hybridized carbons (Fsp3) is 0.333. The monoisotopic (exact) mass is 294 g/mol. The number of aliphatic carboxylic acids is 1. The zero-order chi connectivity index (χ0) is 15.8. The van der Waals surface area contributed by atoms with Crippen LogP contribution in [0.1, 0.15) is 5.56 Å². The Morgan fingerprint density at radius 1 is 1.29 bits per heavy atom. The number of carbonyl (C=O) groups excluding carboxylic acids is 1. The van der Waals surface area contributed by atoms with E-state index >= 15 is 0 Å². The molecule has 0 saturated carbocycles. The van der Waals surface area contributed by atoms with E-state index in [0.717, 1.165) is 0 Å². The molecule has 0 unspecified atom stereocenters. The number of likely N-dealkylation sites (N-methyl/N-ethyl adjacent to an activating group) is 1. The minimum atomic E-state index is -1.07.